The zero-order chi connectivity index (χ0) is 35.8. The zero-order valence-electron chi connectivity index (χ0n) is 29.3. The van der Waals surface area contributed by atoms with Crippen molar-refractivity contribution in [3.05, 3.63) is 195 Å². The van der Waals surface area contributed by atoms with Crippen molar-refractivity contribution in [2.45, 2.75) is 0 Å². The zero-order valence-corrected chi connectivity index (χ0v) is 29.3. The predicted molar refractivity (Wildman–Crippen MR) is 225 cm³/mol. The number of aromatic nitrogens is 4. The second kappa shape index (κ2) is 13.4. The van der Waals surface area contributed by atoms with Gasteiger partial charge in [-0.15, -0.1) is 0 Å². The average Bonchev–Trinajstić information content (AvgIpc) is 3.26. The SMILES string of the molecule is c1cncc(-c2ccc(-c3ccc4c5ccccc5c5ccc(-c6ccc(-c7cccnc7)nc6)cc5c5ccccc5c5ccccc5c4c3)cn2)c1. The molecule has 10 rings (SSSR count). The summed E-state index contributed by atoms with van der Waals surface area (Å²) in [6.45, 7) is 0. The molecule has 4 aromatic heterocycles. The molecule has 4 heterocycles. The molecule has 0 fully saturated rings. The quantitative estimate of drug-likeness (QED) is 0.185. The second-order valence-electron chi connectivity index (χ2n) is 13.5. The maximum atomic E-state index is 4.83. The molecule has 0 saturated heterocycles. The van der Waals surface area contributed by atoms with Gasteiger partial charge < -0.3 is 0 Å². The van der Waals surface area contributed by atoms with Gasteiger partial charge in [-0.2, -0.15) is 0 Å². The molecular formula is C50H32N4. The van der Waals surface area contributed by atoms with Gasteiger partial charge >= 0.3 is 0 Å². The number of nitrogens with zero attached hydrogens (tertiary/aromatic N) is 4. The van der Waals surface area contributed by atoms with Crippen LogP contribution in [0.3, 0.4) is 0 Å². The Kier molecular flexibility index (Phi) is 7.77. The minimum Gasteiger partial charge on any atom is -0.264 e. The average molecular weight is 689 g/mol. The first kappa shape index (κ1) is 31.4. The van der Waals surface area contributed by atoms with E-state index < -0.39 is 0 Å². The van der Waals surface area contributed by atoms with E-state index in [4.69, 9.17) is 9.97 Å². The van der Waals surface area contributed by atoms with Crippen molar-refractivity contribution in [3.63, 3.8) is 0 Å². The van der Waals surface area contributed by atoms with Gasteiger partial charge in [0.25, 0.3) is 0 Å². The molecule has 0 aliphatic heterocycles. The highest BCUT2D eigenvalue weighted by Crippen LogP contribution is 2.38. The first-order valence-electron chi connectivity index (χ1n) is 18.1. The van der Waals surface area contributed by atoms with Crippen LogP contribution in [0.4, 0.5) is 0 Å². The lowest BCUT2D eigenvalue weighted by molar-refractivity contribution is 1.28. The summed E-state index contributed by atoms with van der Waals surface area (Å²) in [7, 11) is 0. The fourth-order valence-corrected chi connectivity index (χ4v) is 7.72. The van der Waals surface area contributed by atoms with Crippen molar-refractivity contribution in [2.24, 2.45) is 0 Å². The van der Waals surface area contributed by atoms with E-state index in [1.807, 2.05) is 49.1 Å². The summed E-state index contributed by atoms with van der Waals surface area (Å²) in [5, 5.41) is 11.9. The van der Waals surface area contributed by atoms with Gasteiger partial charge in [-0.25, -0.2) is 0 Å². The standard InChI is InChI=1S/C50H32N4/c1-2-14-42-41(13-1)45-21-17-33(35-19-23-49(53-31-35)37-9-7-25-51-29-37)27-47(45)43-15-5-3-11-39(43)40-12-4-6-16-44(40)48-28-34(18-22-46(42)48)36-20-24-50(54-32-36)38-10-8-26-52-30-38/h1-32H. The topological polar surface area (TPSA) is 51.6 Å². The smallest absolute Gasteiger partial charge is 0.0717 e. The van der Waals surface area contributed by atoms with E-state index in [1.165, 1.54) is 53.9 Å². The molecule has 54 heavy (non-hydrogen) atoms. The summed E-state index contributed by atoms with van der Waals surface area (Å²) in [5.41, 5.74) is 8.17. The molecule has 6 aromatic carbocycles. The molecule has 0 radical (unpaired) electrons. The molecule has 0 atom stereocenters. The van der Waals surface area contributed by atoms with Crippen LogP contribution < -0.4 is 0 Å². The summed E-state index contributed by atoms with van der Waals surface area (Å²) in [6, 6.07) is 56.5. The van der Waals surface area contributed by atoms with Gasteiger partial charge in [0.15, 0.2) is 0 Å². The Morgan fingerprint density at radius 1 is 0.241 bits per heavy atom. The van der Waals surface area contributed by atoms with E-state index in [0.29, 0.717) is 0 Å². The fourth-order valence-electron chi connectivity index (χ4n) is 7.72. The molecule has 0 aliphatic rings. The van der Waals surface area contributed by atoms with Crippen LogP contribution in [0, 0.1) is 0 Å². The molecule has 10 aromatic rings. The lowest BCUT2D eigenvalue weighted by Crippen LogP contribution is -1.87. The summed E-state index contributed by atoms with van der Waals surface area (Å²) in [6.07, 6.45) is 11.2. The summed E-state index contributed by atoms with van der Waals surface area (Å²) in [4.78, 5) is 18.2. The number of pyridine rings is 4. The molecule has 0 amide bonds. The summed E-state index contributed by atoms with van der Waals surface area (Å²) in [5.74, 6) is 0. The molecule has 252 valence electrons. The highest BCUT2D eigenvalue weighted by Gasteiger charge is 2.12. The Morgan fingerprint density at radius 3 is 0.926 bits per heavy atom. The second-order valence-corrected chi connectivity index (χ2v) is 13.5. The molecule has 0 N–H and O–H groups in total. The van der Waals surface area contributed by atoms with Crippen LogP contribution in [-0.2, 0) is 0 Å². The van der Waals surface area contributed by atoms with Gasteiger partial charge in [-0.3, -0.25) is 19.9 Å². The van der Waals surface area contributed by atoms with Crippen LogP contribution in [0.25, 0.3) is 98.6 Å². The van der Waals surface area contributed by atoms with Crippen LogP contribution in [0.2, 0.25) is 0 Å². The van der Waals surface area contributed by atoms with E-state index in [1.54, 1.807) is 12.4 Å². The molecule has 4 heteroatoms. The predicted octanol–water partition coefficient (Wildman–Crippen LogP) is 12.8. The molecule has 0 saturated carbocycles. The van der Waals surface area contributed by atoms with Gasteiger partial charge in [-0.05, 0) is 114 Å². The van der Waals surface area contributed by atoms with Gasteiger partial charge in [0, 0.05) is 59.4 Å². The van der Waals surface area contributed by atoms with Crippen molar-refractivity contribution in [2.75, 3.05) is 0 Å². The minimum atomic E-state index is 0.904. The molecular weight excluding hydrogens is 657 g/mol. The number of rotatable bonds is 4. The largest absolute Gasteiger partial charge is 0.264 e. The number of fused-ring (bicyclic) bond motifs is 10. The van der Waals surface area contributed by atoms with E-state index in [2.05, 4.69) is 143 Å². The number of hydrogen-bond acceptors (Lipinski definition) is 4. The third-order valence-corrected chi connectivity index (χ3v) is 10.4. The lowest BCUT2D eigenvalue weighted by Gasteiger charge is -2.12. The van der Waals surface area contributed by atoms with Crippen LogP contribution in [0.15, 0.2) is 195 Å². The Morgan fingerprint density at radius 2 is 0.593 bits per heavy atom. The van der Waals surface area contributed by atoms with Gasteiger partial charge in [0.2, 0.25) is 0 Å². The third kappa shape index (κ3) is 5.58. The van der Waals surface area contributed by atoms with Crippen LogP contribution >= 0.6 is 0 Å². The van der Waals surface area contributed by atoms with E-state index in [-0.39, 0.29) is 0 Å². The maximum absolute atomic E-state index is 4.83. The van der Waals surface area contributed by atoms with Crippen LogP contribution in [0.1, 0.15) is 0 Å². The third-order valence-electron chi connectivity index (χ3n) is 10.4. The molecule has 0 bridgehead atoms. The summed E-state index contributed by atoms with van der Waals surface area (Å²) >= 11 is 0. The fraction of sp³-hybridized carbons (Fsp3) is 0. The van der Waals surface area contributed by atoms with Crippen molar-refractivity contribution in [1.29, 1.82) is 0 Å². The van der Waals surface area contributed by atoms with Crippen molar-refractivity contribution in [1.82, 2.24) is 19.9 Å². The van der Waals surface area contributed by atoms with Crippen LogP contribution in [-0.4, -0.2) is 19.9 Å². The van der Waals surface area contributed by atoms with Gasteiger partial charge in [-0.1, -0.05) is 109 Å². The lowest BCUT2D eigenvalue weighted by atomic mass is 9.92. The van der Waals surface area contributed by atoms with Gasteiger partial charge in [0.1, 0.15) is 0 Å². The Hall–Kier alpha value is -7.30. The van der Waals surface area contributed by atoms with Crippen molar-refractivity contribution in [3.8, 4) is 44.8 Å². The molecule has 0 spiro atoms. The van der Waals surface area contributed by atoms with E-state index >= 15 is 0 Å². The van der Waals surface area contributed by atoms with Crippen molar-refractivity contribution >= 4 is 53.9 Å². The molecule has 4 nitrogen and oxygen atoms in total. The number of benzene rings is 5. The molecule has 0 unspecified atom stereocenters. The Bertz CT molecular complexity index is 2800. The summed E-state index contributed by atoms with van der Waals surface area (Å²) < 4.78 is 0. The number of hydrogen-bond donors (Lipinski definition) is 0. The maximum Gasteiger partial charge on any atom is 0.0717 e. The minimum absolute atomic E-state index is 0.904. The van der Waals surface area contributed by atoms with Crippen LogP contribution in [0.5, 0.6) is 0 Å². The molecule has 0 aliphatic carbocycles. The van der Waals surface area contributed by atoms with Crippen molar-refractivity contribution < 1.29 is 0 Å². The first-order valence-corrected chi connectivity index (χ1v) is 18.1. The highest BCUT2D eigenvalue weighted by atomic mass is 14.7. The van der Waals surface area contributed by atoms with E-state index in [0.717, 1.165) is 44.8 Å². The van der Waals surface area contributed by atoms with E-state index in [9.17, 15) is 0 Å². The highest BCUT2D eigenvalue weighted by molar-refractivity contribution is 6.26. The first-order chi connectivity index (χ1) is 26.8. The normalized spacial score (nSPS) is 11.3. The Balaban J connectivity index is 1.25. The van der Waals surface area contributed by atoms with Gasteiger partial charge in [0.05, 0.1) is 11.4 Å². The Labute approximate surface area is 312 Å². The monoisotopic (exact) mass is 688 g/mol.